The van der Waals surface area contributed by atoms with E-state index in [1.54, 1.807) is 0 Å². The molecule has 0 saturated carbocycles. The number of nitrogens with zero attached hydrogens (tertiary/aromatic N) is 2. The minimum absolute atomic E-state index is 0.0320. The first-order valence-corrected chi connectivity index (χ1v) is 8.48. The zero-order chi connectivity index (χ0) is 17.8. The number of hydrogen-bond acceptors (Lipinski definition) is 5. The van der Waals surface area contributed by atoms with Gasteiger partial charge in [-0.3, -0.25) is 19.3 Å². The number of carbonyl (C=O) groups is 3. The van der Waals surface area contributed by atoms with Gasteiger partial charge in [0.05, 0.1) is 12.5 Å². The van der Waals surface area contributed by atoms with Gasteiger partial charge in [-0.2, -0.15) is 0 Å². The quantitative estimate of drug-likeness (QED) is 0.652. The molecule has 1 aromatic rings. The fourth-order valence-corrected chi connectivity index (χ4v) is 3.78. The van der Waals surface area contributed by atoms with Crippen LogP contribution >= 0.6 is 0 Å². The molecule has 2 atom stereocenters. The van der Waals surface area contributed by atoms with Crippen molar-refractivity contribution in [2.45, 2.75) is 19.4 Å². The Hall–Kier alpha value is -2.41. The summed E-state index contributed by atoms with van der Waals surface area (Å²) >= 11 is 0. The average Bonchev–Trinajstić information content (AvgIpc) is 3.28. The highest BCUT2D eigenvalue weighted by Crippen LogP contribution is 2.31. The summed E-state index contributed by atoms with van der Waals surface area (Å²) in [5.74, 6) is 0.629. The van der Waals surface area contributed by atoms with Crippen molar-refractivity contribution in [3.05, 3.63) is 29.8 Å². The molecule has 3 aliphatic rings. The van der Waals surface area contributed by atoms with E-state index in [9.17, 15) is 9.59 Å². The van der Waals surface area contributed by atoms with Gasteiger partial charge in [-0.25, -0.2) is 0 Å². The lowest BCUT2D eigenvalue weighted by Gasteiger charge is -2.19. The maximum atomic E-state index is 11.8. The first kappa shape index (κ1) is 17.4. The van der Waals surface area contributed by atoms with Crippen molar-refractivity contribution in [3.8, 4) is 0 Å². The molecular formula is C18H22N2O5. The summed E-state index contributed by atoms with van der Waals surface area (Å²) in [4.78, 5) is 35.9. The van der Waals surface area contributed by atoms with E-state index in [1.165, 1.54) is 5.56 Å². The molecule has 134 valence electrons. The van der Waals surface area contributed by atoms with Crippen molar-refractivity contribution in [3.63, 3.8) is 0 Å². The molecule has 1 amide bonds. The molecule has 3 heterocycles. The molecule has 0 radical (unpaired) electrons. The van der Waals surface area contributed by atoms with E-state index in [0.717, 1.165) is 38.3 Å². The van der Waals surface area contributed by atoms with Gasteiger partial charge in [0.2, 0.25) is 5.91 Å². The number of carboxylic acid groups (broad SMARTS) is 1. The number of cyclic esters (lactones) is 1. The van der Waals surface area contributed by atoms with Gasteiger partial charge >= 0.3 is 5.97 Å². The van der Waals surface area contributed by atoms with Gasteiger partial charge < -0.3 is 14.7 Å². The maximum absolute atomic E-state index is 11.8. The fourth-order valence-electron chi connectivity index (χ4n) is 3.78. The zero-order valence-electron chi connectivity index (χ0n) is 14.0. The number of ether oxygens (including phenoxy) is 1. The Morgan fingerprint density at radius 2 is 1.92 bits per heavy atom. The first-order chi connectivity index (χ1) is 12.1. The predicted molar refractivity (Wildman–Crippen MR) is 89.9 cm³/mol. The third-order valence-electron chi connectivity index (χ3n) is 4.99. The van der Waals surface area contributed by atoms with Crippen LogP contribution < -0.4 is 4.90 Å². The first-order valence-electron chi connectivity index (χ1n) is 8.48. The van der Waals surface area contributed by atoms with Gasteiger partial charge in [0.25, 0.3) is 6.47 Å². The number of esters is 1. The minimum atomic E-state index is -0.250. The number of hydrogen-bond donors (Lipinski definition) is 1. The third kappa shape index (κ3) is 3.82. The maximum Gasteiger partial charge on any atom is 0.310 e. The van der Waals surface area contributed by atoms with E-state index in [0.29, 0.717) is 18.9 Å². The second kappa shape index (κ2) is 7.65. The minimum Gasteiger partial charge on any atom is -0.483 e. The Kier molecular flexibility index (Phi) is 5.33. The van der Waals surface area contributed by atoms with E-state index in [1.807, 2.05) is 17.0 Å². The number of fused-ring (bicyclic) bond motifs is 1. The number of anilines is 1. The fraction of sp³-hybridized carbons (Fsp3) is 0.500. The number of amides is 1. The highest BCUT2D eigenvalue weighted by Gasteiger charge is 2.43. The molecule has 0 aromatic heterocycles. The zero-order valence-corrected chi connectivity index (χ0v) is 14.0. The number of rotatable bonds is 3. The summed E-state index contributed by atoms with van der Waals surface area (Å²) in [5, 5.41) is 6.89. The average molecular weight is 346 g/mol. The Labute approximate surface area is 146 Å². The van der Waals surface area contributed by atoms with Gasteiger partial charge in [0, 0.05) is 44.2 Å². The molecule has 0 bridgehead atoms. The van der Waals surface area contributed by atoms with Crippen LogP contribution in [0.4, 0.5) is 5.69 Å². The molecule has 7 heteroatoms. The van der Waals surface area contributed by atoms with Crippen molar-refractivity contribution in [1.82, 2.24) is 4.90 Å². The van der Waals surface area contributed by atoms with Crippen LogP contribution in [-0.4, -0.2) is 54.6 Å². The van der Waals surface area contributed by atoms with Crippen LogP contribution in [0, 0.1) is 11.8 Å². The SMILES string of the molecule is O=C1OC[C@H]2CN(Cc3ccc(N4CCCC4=O)cc3)C[C@@H]12.O=CO. The van der Waals surface area contributed by atoms with Crippen molar-refractivity contribution < 1.29 is 24.2 Å². The topological polar surface area (TPSA) is 87.2 Å². The third-order valence-corrected chi connectivity index (χ3v) is 4.99. The van der Waals surface area contributed by atoms with Crippen molar-refractivity contribution in [2.75, 3.05) is 31.1 Å². The molecule has 1 aromatic carbocycles. The van der Waals surface area contributed by atoms with Crippen LogP contribution in [0.5, 0.6) is 0 Å². The second-order valence-electron chi connectivity index (χ2n) is 6.61. The Balaban J connectivity index is 0.000000569. The summed E-state index contributed by atoms with van der Waals surface area (Å²) in [6, 6.07) is 8.24. The van der Waals surface area contributed by atoms with Crippen LogP contribution in [0.25, 0.3) is 0 Å². The Bertz CT molecular complexity index is 645. The standard InChI is InChI=1S/C17H20N2O3.CH2O2/c20-16-2-1-7-19(16)14-5-3-12(4-6-14)8-18-9-13-11-22-17(21)15(13)10-18;2-1-3/h3-6,13,15H,1-2,7-11H2;1H,(H,2,3)/t13-,15-;/m1./s1. The van der Waals surface area contributed by atoms with E-state index >= 15 is 0 Å². The van der Waals surface area contributed by atoms with Crippen molar-refractivity contribution in [2.24, 2.45) is 11.8 Å². The van der Waals surface area contributed by atoms with Crippen molar-refractivity contribution in [1.29, 1.82) is 0 Å². The number of benzene rings is 1. The summed E-state index contributed by atoms with van der Waals surface area (Å²) < 4.78 is 5.10. The largest absolute Gasteiger partial charge is 0.483 e. The lowest BCUT2D eigenvalue weighted by atomic mass is 10.0. The molecule has 3 saturated heterocycles. The molecule has 25 heavy (non-hydrogen) atoms. The van der Waals surface area contributed by atoms with Crippen LogP contribution in [-0.2, 0) is 25.7 Å². The molecular weight excluding hydrogens is 324 g/mol. The normalized spacial score (nSPS) is 25.4. The molecule has 0 spiro atoms. The van der Waals surface area contributed by atoms with E-state index in [4.69, 9.17) is 14.6 Å². The second-order valence-corrected chi connectivity index (χ2v) is 6.61. The van der Waals surface area contributed by atoms with Crippen LogP contribution in [0.2, 0.25) is 0 Å². The molecule has 3 aliphatic heterocycles. The van der Waals surface area contributed by atoms with Gasteiger partial charge in [-0.1, -0.05) is 12.1 Å². The van der Waals surface area contributed by atoms with Gasteiger partial charge in [0.1, 0.15) is 0 Å². The lowest BCUT2D eigenvalue weighted by Crippen LogP contribution is -2.24. The summed E-state index contributed by atoms with van der Waals surface area (Å²) in [7, 11) is 0. The Morgan fingerprint density at radius 3 is 2.52 bits per heavy atom. The van der Waals surface area contributed by atoms with Crippen LogP contribution in [0.3, 0.4) is 0 Å². The highest BCUT2D eigenvalue weighted by atomic mass is 16.5. The monoisotopic (exact) mass is 346 g/mol. The summed E-state index contributed by atoms with van der Waals surface area (Å²) in [5.41, 5.74) is 2.22. The summed E-state index contributed by atoms with van der Waals surface area (Å²) in [6.45, 7) is 3.75. The lowest BCUT2D eigenvalue weighted by molar-refractivity contribution is -0.141. The summed E-state index contributed by atoms with van der Waals surface area (Å²) in [6.07, 6.45) is 1.61. The van der Waals surface area contributed by atoms with E-state index in [-0.39, 0.29) is 24.3 Å². The molecule has 4 rings (SSSR count). The van der Waals surface area contributed by atoms with Gasteiger partial charge in [-0.15, -0.1) is 0 Å². The molecule has 3 fully saturated rings. The molecule has 1 N–H and O–H groups in total. The van der Waals surface area contributed by atoms with E-state index in [2.05, 4.69) is 17.0 Å². The van der Waals surface area contributed by atoms with Crippen molar-refractivity contribution >= 4 is 24.0 Å². The van der Waals surface area contributed by atoms with Crippen LogP contribution in [0.15, 0.2) is 24.3 Å². The van der Waals surface area contributed by atoms with Gasteiger partial charge in [-0.05, 0) is 24.1 Å². The number of carbonyl (C=O) groups excluding carboxylic acids is 2. The predicted octanol–water partition coefficient (Wildman–Crippen LogP) is 1.12. The molecule has 0 aliphatic carbocycles. The van der Waals surface area contributed by atoms with E-state index < -0.39 is 0 Å². The molecule has 0 unspecified atom stereocenters. The van der Waals surface area contributed by atoms with Crippen LogP contribution in [0.1, 0.15) is 18.4 Å². The van der Waals surface area contributed by atoms with Gasteiger partial charge in [0.15, 0.2) is 0 Å². The molecule has 7 nitrogen and oxygen atoms in total. The smallest absolute Gasteiger partial charge is 0.310 e. The highest BCUT2D eigenvalue weighted by molar-refractivity contribution is 5.95. The number of likely N-dealkylation sites (tertiary alicyclic amines) is 1. The Morgan fingerprint density at radius 1 is 1.20 bits per heavy atom.